The summed E-state index contributed by atoms with van der Waals surface area (Å²) >= 11 is 0. The van der Waals surface area contributed by atoms with Crippen molar-refractivity contribution in [3.63, 3.8) is 0 Å². The molecule has 152 valence electrons. The van der Waals surface area contributed by atoms with Gasteiger partial charge in [0.05, 0.1) is 22.9 Å². The molecule has 30 heavy (non-hydrogen) atoms. The molecular weight excluding hydrogens is 372 g/mol. The number of hydrogen-bond donors (Lipinski definition) is 0. The van der Waals surface area contributed by atoms with Gasteiger partial charge in [-0.15, -0.1) is 0 Å². The highest BCUT2D eigenvalue weighted by atomic mass is 16.2. The molecule has 0 aliphatic carbocycles. The molecule has 0 bridgehead atoms. The lowest BCUT2D eigenvalue weighted by Crippen LogP contribution is -2.39. The highest BCUT2D eigenvalue weighted by Crippen LogP contribution is 2.24. The second kappa shape index (κ2) is 7.56. The molecule has 0 unspecified atom stereocenters. The van der Waals surface area contributed by atoms with Gasteiger partial charge in [0.25, 0.3) is 5.91 Å². The fourth-order valence-electron chi connectivity index (χ4n) is 4.40. The molecule has 0 spiro atoms. The van der Waals surface area contributed by atoms with Gasteiger partial charge >= 0.3 is 0 Å². The van der Waals surface area contributed by atoms with Crippen molar-refractivity contribution >= 4 is 27.8 Å². The Morgan fingerprint density at radius 3 is 2.60 bits per heavy atom. The fraction of sp³-hybridized carbons (Fsp3) is 0.320. The first-order valence-electron chi connectivity index (χ1n) is 10.7. The molecule has 4 aromatic rings. The molecule has 0 atom stereocenters. The summed E-state index contributed by atoms with van der Waals surface area (Å²) in [4.78, 5) is 24.1. The smallest absolute Gasteiger partial charge is 0.272 e. The molecule has 2 aromatic carbocycles. The third kappa shape index (κ3) is 3.45. The maximum absolute atomic E-state index is 13.0. The lowest BCUT2D eigenvalue weighted by Gasteiger charge is -2.32. The molecule has 5 nitrogen and oxygen atoms in total. The Kier molecular flexibility index (Phi) is 4.74. The average molecular weight is 399 g/mol. The first-order chi connectivity index (χ1) is 14.6. The van der Waals surface area contributed by atoms with E-state index in [1.165, 1.54) is 16.6 Å². The van der Waals surface area contributed by atoms with Crippen molar-refractivity contribution < 1.29 is 4.79 Å². The molecule has 2 aromatic heterocycles. The maximum atomic E-state index is 13.0. The van der Waals surface area contributed by atoms with Crippen molar-refractivity contribution in [2.45, 2.75) is 33.2 Å². The molecule has 0 radical (unpaired) electrons. The van der Waals surface area contributed by atoms with Crippen molar-refractivity contribution in [2.75, 3.05) is 13.1 Å². The molecule has 1 saturated heterocycles. The SMILES string of the molecule is Cc1cc2ncn(CC3CCN(C(=O)c4ccc5ccccc5n4)CC3)c2cc1C. The number of aromatic nitrogens is 3. The van der Waals surface area contributed by atoms with Crippen LogP contribution in [0.25, 0.3) is 21.9 Å². The van der Waals surface area contributed by atoms with Crippen LogP contribution in [-0.2, 0) is 6.54 Å². The fourth-order valence-corrected chi connectivity index (χ4v) is 4.40. The number of carbonyl (C=O) groups is 1. The predicted octanol–water partition coefficient (Wildman–Crippen LogP) is 4.75. The molecule has 3 heterocycles. The van der Waals surface area contributed by atoms with E-state index in [0.29, 0.717) is 11.6 Å². The van der Waals surface area contributed by atoms with Crippen LogP contribution in [0.15, 0.2) is 54.9 Å². The molecule has 1 aliphatic rings. The first kappa shape index (κ1) is 18.8. The van der Waals surface area contributed by atoms with Crippen LogP contribution in [0.3, 0.4) is 0 Å². The van der Waals surface area contributed by atoms with E-state index in [-0.39, 0.29) is 5.91 Å². The zero-order chi connectivity index (χ0) is 20.7. The van der Waals surface area contributed by atoms with Gasteiger partial charge in [0.15, 0.2) is 0 Å². The second-order valence-corrected chi connectivity index (χ2v) is 8.45. The lowest BCUT2D eigenvalue weighted by molar-refractivity contribution is 0.0678. The minimum Gasteiger partial charge on any atom is -0.337 e. The van der Waals surface area contributed by atoms with Crippen LogP contribution < -0.4 is 0 Å². The van der Waals surface area contributed by atoms with Crippen LogP contribution in [0, 0.1) is 19.8 Å². The van der Waals surface area contributed by atoms with E-state index in [1.54, 1.807) is 0 Å². The van der Waals surface area contributed by atoms with E-state index < -0.39 is 0 Å². The van der Waals surface area contributed by atoms with Gasteiger partial charge in [-0.3, -0.25) is 4.79 Å². The summed E-state index contributed by atoms with van der Waals surface area (Å²) in [5.74, 6) is 0.594. The topological polar surface area (TPSA) is 51.0 Å². The number of para-hydroxylation sites is 1. The maximum Gasteiger partial charge on any atom is 0.272 e. The molecule has 1 amide bonds. The van der Waals surface area contributed by atoms with Crippen LogP contribution in [-0.4, -0.2) is 38.4 Å². The normalized spacial score (nSPS) is 15.2. The number of hydrogen-bond acceptors (Lipinski definition) is 3. The van der Waals surface area contributed by atoms with Gasteiger partial charge in [0, 0.05) is 25.0 Å². The largest absolute Gasteiger partial charge is 0.337 e. The minimum atomic E-state index is 0.0402. The number of pyridine rings is 1. The van der Waals surface area contributed by atoms with Crippen molar-refractivity contribution in [1.82, 2.24) is 19.4 Å². The second-order valence-electron chi connectivity index (χ2n) is 8.45. The standard InChI is InChI=1S/C25H26N4O/c1-17-13-23-24(14-18(17)2)29(16-26-23)15-19-9-11-28(12-10-19)25(30)22-8-7-20-5-3-4-6-21(20)27-22/h3-8,13-14,16,19H,9-12,15H2,1-2H3. The van der Waals surface area contributed by atoms with Gasteiger partial charge in [-0.25, -0.2) is 9.97 Å². The molecule has 1 aliphatic heterocycles. The minimum absolute atomic E-state index is 0.0402. The summed E-state index contributed by atoms with van der Waals surface area (Å²) in [5, 5.41) is 1.06. The first-order valence-corrected chi connectivity index (χ1v) is 10.7. The number of amides is 1. The summed E-state index contributed by atoms with van der Waals surface area (Å²) < 4.78 is 2.27. The van der Waals surface area contributed by atoms with E-state index in [9.17, 15) is 4.79 Å². The Balaban J connectivity index is 1.26. The zero-order valence-corrected chi connectivity index (χ0v) is 17.5. The monoisotopic (exact) mass is 398 g/mol. The summed E-state index contributed by atoms with van der Waals surface area (Å²) in [6.07, 6.45) is 3.97. The average Bonchev–Trinajstić information content (AvgIpc) is 3.15. The Hall–Kier alpha value is -3.21. The highest BCUT2D eigenvalue weighted by Gasteiger charge is 2.25. The summed E-state index contributed by atoms with van der Waals surface area (Å²) in [5.41, 5.74) is 6.26. The number of nitrogens with zero attached hydrogens (tertiary/aromatic N) is 4. The number of piperidine rings is 1. The van der Waals surface area contributed by atoms with Gasteiger partial charge in [-0.1, -0.05) is 24.3 Å². The third-order valence-electron chi connectivity index (χ3n) is 6.41. The number of benzene rings is 2. The van der Waals surface area contributed by atoms with Crippen molar-refractivity contribution in [3.05, 3.63) is 71.7 Å². The molecule has 5 rings (SSSR count). The van der Waals surface area contributed by atoms with Crippen molar-refractivity contribution in [2.24, 2.45) is 5.92 Å². The van der Waals surface area contributed by atoms with E-state index in [0.717, 1.165) is 48.9 Å². The Morgan fingerprint density at radius 2 is 1.77 bits per heavy atom. The summed E-state index contributed by atoms with van der Waals surface area (Å²) in [7, 11) is 0. The Bertz CT molecular complexity index is 1230. The van der Waals surface area contributed by atoms with Crippen LogP contribution in [0.5, 0.6) is 0 Å². The highest BCUT2D eigenvalue weighted by molar-refractivity contribution is 5.95. The number of imidazole rings is 1. The number of likely N-dealkylation sites (tertiary alicyclic amines) is 1. The summed E-state index contributed by atoms with van der Waals surface area (Å²) in [6.45, 7) is 6.79. The number of carbonyl (C=O) groups excluding carboxylic acids is 1. The van der Waals surface area contributed by atoms with Crippen LogP contribution >= 0.6 is 0 Å². The number of fused-ring (bicyclic) bond motifs is 2. The molecule has 1 fully saturated rings. The van der Waals surface area contributed by atoms with Crippen molar-refractivity contribution in [3.8, 4) is 0 Å². The zero-order valence-electron chi connectivity index (χ0n) is 17.5. The quantitative estimate of drug-likeness (QED) is 0.500. The van der Waals surface area contributed by atoms with E-state index in [2.05, 4.69) is 40.5 Å². The molecule has 0 N–H and O–H groups in total. The van der Waals surface area contributed by atoms with Gasteiger partial charge in [0.2, 0.25) is 0 Å². The van der Waals surface area contributed by atoms with E-state index in [1.807, 2.05) is 47.6 Å². The van der Waals surface area contributed by atoms with Crippen molar-refractivity contribution in [1.29, 1.82) is 0 Å². The number of rotatable bonds is 3. The van der Waals surface area contributed by atoms with Gasteiger partial charge < -0.3 is 9.47 Å². The van der Waals surface area contributed by atoms with Gasteiger partial charge in [0.1, 0.15) is 5.69 Å². The summed E-state index contributed by atoms with van der Waals surface area (Å²) in [6, 6.07) is 16.2. The Morgan fingerprint density at radius 1 is 1.00 bits per heavy atom. The Labute approximate surface area is 176 Å². The van der Waals surface area contributed by atoms with E-state index >= 15 is 0 Å². The predicted molar refractivity (Wildman–Crippen MR) is 120 cm³/mol. The van der Waals surface area contributed by atoms with Gasteiger partial charge in [-0.05, 0) is 68.0 Å². The number of aryl methyl sites for hydroxylation is 2. The van der Waals surface area contributed by atoms with E-state index in [4.69, 9.17) is 0 Å². The van der Waals surface area contributed by atoms with Gasteiger partial charge in [-0.2, -0.15) is 0 Å². The molecule has 0 saturated carbocycles. The molecule has 5 heteroatoms. The third-order valence-corrected chi connectivity index (χ3v) is 6.41. The van der Waals surface area contributed by atoms with Crippen LogP contribution in [0.2, 0.25) is 0 Å². The van der Waals surface area contributed by atoms with Crippen LogP contribution in [0.4, 0.5) is 0 Å². The molecular formula is C25H26N4O. The lowest BCUT2D eigenvalue weighted by atomic mass is 9.96. The van der Waals surface area contributed by atoms with Crippen LogP contribution in [0.1, 0.15) is 34.5 Å².